The Morgan fingerprint density at radius 1 is 1.33 bits per heavy atom. The summed E-state index contributed by atoms with van der Waals surface area (Å²) in [6.07, 6.45) is 6.24. The maximum Gasteiger partial charge on any atom is 0.230 e. The van der Waals surface area contributed by atoms with Gasteiger partial charge in [-0.3, -0.25) is 0 Å². The largest absolute Gasteiger partial charge is 0.357 e. The third-order valence-electron chi connectivity index (χ3n) is 2.00. The molecule has 0 bridgehead atoms. The van der Waals surface area contributed by atoms with Crippen molar-refractivity contribution in [3.63, 3.8) is 0 Å². The van der Waals surface area contributed by atoms with Crippen molar-refractivity contribution in [2.45, 2.75) is 25.3 Å². The highest BCUT2D eigenvalue weighted by molar-refractivity contribution is 5.06. The molecule has 0 aromatic carbocycles. The Labute approximate surface area is 73.6 Å². The lowest BCUT2D eigenvalue weighted by Gasteiger charge is -1.80. The van der Waals surface area contributed by atoms with Crippen LogP contribution in [0, 0.1) is 6.57 Å². The van der Waals surface area contributed by atoms with E-state index in [4.69, 9.17) is 6.57 Å². The van der Waals surface area contributed by atoms with Gasteiger partial charge in [0.15, 0.2) is 0 Å². The summed E-state index contributed by atoms with van der Waals surface area (Å²) in [6.45, 7) is 8.54. The van der Waals surface area contributed by atoms with Crippen molar-refractivity contribution in [3.05, 3.63) is 35.9 Å². The minimum atomic E-state index is 0.0833. The first-order valence-electron chi connectivity index (χ1n) is 4.12. The monoisotopic (exact) mass is 162 g/mol. The molecule has 0 aliphatic heterocycles. The van der Waals surface area contributed by atoms with E-state index < -0.39 is 0 Å². The summed E-state index contributed by atoms with van der Waals surface area (Å²) >= 11 is 0. The third-order valence-corrected chi connectivity index (χ3v) is 2.00. The molecule has 0 amide bonds. The maximum absolute atomic E-state index is 6.54. The SMILES string of the molecule is Cn1cccc1.[C-]#[N+]C1(C)CC1. The summed E-state index contributed by atoms with van der Waals surface area (Å²) < 4.78 is 2.00. The van der Waals surface area contributed by atoms with Crippen molar-refractivity contribution >= 4 is 0 Å². The molecule has 0 spiro atoms. The van der Waals surface area contributed by atoms with Gasteiger partial charge in [-0.15, -0.1) is 0 Å². The molecule has 0 unspecified atom stereocenters. The molecule has 1 aromatic rings. The Hall–Kier alpha value is -1.23. The molecular weight excluding hydrogens is 148 g/mol. The van der Waals surface area contributed by atoms with Gasteiger partial charge in [0.1, 0.15) is 0 Å². The first-order valence-corrected chi connectivity index (χ1v) is 4.12. The molecule has 1 aliphatic rings. The van der Waals surface area contributed by atoms with Crippen LogP contribution in [0.15, 0.2) is 24.5 Å². The highest BCUT2D eigenvalue weighted by atomic mass is 14.9. The molecule has 2 heteroatoms. The fraction of sp³-hybridized carbons (Fsp3) is 0.500. The summed E-state index contributed by atoms with van der Waals surface area (Å²) in [6, 6.07) is 4.00. The van der Waals surface area contributed by atoms with Crippen molar-refractivity contribution in [3.8, 4) is 0 Å². The fourth-order valence-corrected chi connectivity index (χ4v) is 0.713. The Kier molecular flexibility index (Phi) is 2.54. The quantitative estimate of drug-likeness (QED) is 0.518. The lowest BCUT2D eigenvalue weighted by atomic mass is 10.4. The van der Waals surface area contributed by atoms with E-state index in [2.05, 4.69) is 4.85 Å². The molecule has 1 aliphatic carbocycles. The van der Waals surface area contributed by atoms with Gasteiger partial charge in [-0.1, -0.05) is 0 Å². The molecule has 0 N–H and O–H groups in total. The van der Waals surface area contributed by atoms with E-state index in [0.29, 0.717) is 0 Å². The smallest absolute Gasteiger partial charge is 0.230 e. The molecule has 12 heavy (non-hydrogen) atoms. The average Bonchev–Trinajstić information content (AvgIpc) is 2.61. The second kappa shape index (κ2) is 3.44. The first-order chi connectivity index (χ1) is 5.66. The highest BCUT2D eigenvalue weighted by Gasteiger charge is 2.44. The predicted octanol–water partition coefficient (Wildman–Crippen LogP) is 2.48. The van der Waals surface area contributed by atoms with Gasteiger partial charge in [0.25, 0.3) is 0 Å². The standard InChI is InChI=1S/2C5H7N/c1-5(6-2)3-4-5;1-6-4-2-3-5-6/h3-4H2,1H3;2-5H,1H3. The Balaban J connectivity index is 0.000000120. The van der Waals surface area contributed by atoms with Gasteiger partial charge in [0.2, 0.25) is 5.54 Å². The van der Waals surface area contributed by atoms with E-state index in [1.165, 1.54) is 0 Å². The molecule has 1 aromatic heterocycles. The van der Waals surface area contributed by atoms with Crippen LogP contribution in [0.1, 0.15) is 19.8 Å². The van der Waals surface area contributed by atoms with E-state index in [1.807, 2.05) is 43.1 Å². The molecule has 1 saturated carbocycles. The van der Waals surface area contributed by atoms with Gasteiger partial charge >= 0.3 is 0 Å². The van der Waals surface area contributed by atoms with Gasteiger partial charge in [-0.05, 0) is 12.1 Å². The minimum absolute atomic E-state index is 0.0833. The summed E-state index contributed by atoms with van der Waals surface area (Å²) in [5.74, 6) is 0. The summed E-state index contributed by atoms with van der Waals surface area (Å²) in [7, 11) is 2.00. The van der Waals surface area contributed by atoms with Crippen LogP contribution in [0.25, 0.3) is 4.85 Å². The van der Waals surface area contributed by atoms with Gasteiger partial charge in [-0.25, -0.2) is 6.57 Å². The van der Waals surface area contributed by atoms with Crippen LogP contribution in [0.4, 0.5) is 0 Å². The van der Waals surface area contributed by atoms with Gasteiger partial charge in [0, 0.05) is 39.2 Å². The van der Waals surface area contributed by atoms with E-state index in [-0.39, 0.29) is 5.54 Å². The average molecular weight is 162 g/mol. The number of hydrogen-bond acceptors (Lipinski definition) is 0. The number of nitrogens with zero attached hydrogens (tertiary/aromatic N) is 2. The van der Waals surface area contributed by atoms with E-state index in [0.717, 1.165) is 12.8 Å². The number of aryl methyl sites for hydroxylation is 1. The van der Waals surface area contributed by atoms with Crippen LogP contribution in [0.2, 0.25) is 0 Å². The van der Waals surface area contributed by atoms with E-state index in [9.17, 15) is 0 Å². The molecule has 1 fully saturated rings. The topological polar surface area (TPSA) is 9.29 Å². The molecular formula is C10H14N2. The zero-order chi connectivity index (χ0) is 9.03. The van der Waals surface area contributed by atoms with Crippen LogP contribution < -0.4 is 0 Å². The van der Waals surface area contributed by atoms with Gasteiger partial charge in [-0.2, -0.15) is 0 Å². The second-order valence-electron chi connectivity index (χ2n) is 3.46. The van der Waals surface area contributed by atoms with Crippen molar-refractivity contribution < 1.29 is 0 Å². The van der Waals surface area contributed by atoms with Crippen LogP contribution in [-0.2, 0) is 7.05 Å². The summed E-state index contributed by atoms with van der Waals surface area (Å²) in [5.41, 5.74) is 0.0833. The Morgan fingerprint density at radius 2 is 1.83 bits per heavy atom. The van der Waals surface area contributed by atoms with Crippen molar-refractivity contribution in [1.29, 1.82) is 0 Å². The molecule has 64 valence electrons. The molecule has 0 saturated heterocycles. The van der Waals surface area contributed by atoms with Gasteiger partial charge < -0.3 is 9.41 Å². The van der Waals surface area contributed by atoms with Crippen molar-refractivity contribution in [2.75, 3.05) is 0 Å². The first kappa shape index (κ1) is 8.86. The number of aromatic nitrogens is 1. The molecule has 2 nitrogen and oxygen atoms in total. The second-order valence-corrected chi connectivity index (χ2v) is 3.46. The van der Waals surface area contributed by atoms with Crippen LogP contribution in [-0.4, -0.2) is 10.1 Å². The minimum Gasteiger partial charge on any atom is -0.357 e. The van der Waals surface area contributed by atoms with Gasteiger partial charge in [0.05, 0.1) is 0 Å². The lowest BCUT2D eigenvalue weighted by Crippen LogP contribution is -1.87. The Bertz CT molecular complexity index is 263. The zero-order valence-corrected chi connectivity index (χ0v) is 7.62. The zero-order valence-electron chi connectivity index (χ0n) is 7.62. The Morgan fingerprint density at radius 3 is 1.92 bits per heavy atom. The molecule has 0 radical (unpaired) electrons. The third kappa shape index (κ3) is 2.79. The van der Waals surface area contributed by atoms with E-state index >= 15 is 0 Å². The summed E-state index contributed by atoms with van der Waals surface area (Å²) in [5, 5.41) is 0. The number of rotatable bonds is 0. The summed E-state index contributed by atoms with van der Waals surface area (Å²) in [4.78, 5) is 3.38. The van der Waals surface area contributed by atoms with Crippen LogP contribution in [0.3, 0.4) is 0 Å². The molecule has 0 atom stereocenters. The normalized spacial score (nSPS) is 17.1. The van der Waals surface area contributed by atoms with Crippen molar-refractivity contribution in [2.24, 2.45) is 7.05 Å². The van der Waals surface area contributed by atoms with Crippen LogP contribution >= 0.6 is 0 Å². The highest BCUT2D eigenvalue weighted by Crippen LogP contribution is 2.38. The molecule has 2 rings (SSSR count). The predicted molar refractivity (Wildman–Crippen MR) is 49.7 cm³/mol. The van der Waals surface area contributed by atoms with Crippen LogP contribution in [0.5, 0.6) is 0 Å². The fourth-order valence-electron chi connectivity index (χ4n) is 0.713. The molecule has 1 heterocycles. The van der Waals surface area contributed by atoms with Crippen molar-refractivity contribution in [1.82, 2.24) is 4.57 Å². The number of hydrogen-bond donors (Lipinski definition) is 0. The van der Waals surface area contributed by atoms with E-state index in [1.54, 1.807) is 0 Å². The maximum atomic E-state index is 6.54. The lowest BCUT2D eigenvalue weighted by molar-refractivity contribution is 0.905.